The molecule has 0 heteroatoms. The minimum Gasteiger partial charge on any atom is -0.0654 e. The van der Waals surface area contributed by atoms with Crippen molar-refractivity contribution >= 4 is 0 Å². The first-order valence-electron chi connectivity index (χ1n) is 7.99. The van der Waals surface area contributed by atoms with Gasteiger partial charge in [-0.1, -0.05) is 80.1 Å². The molecule has 0 saturated heterocycles. The van der Waals surface area contributed by atoms with Gasteiger partial charge in [-0.15, -0.1) is 0 Å². The van der Waals surface area contributed by atoms with Crippen LogP contribution in [0.4, 0.5) is 0 Å². The Morgan fingerprint density at radius 2 is 1.53 bits per heavy atom. The van der Waals surface area contributed by atoms with Crippen LogP contribution in [-0.4, -0.2) is 0 Å². The fourth-order valence-electron chi connectivity index (χ4n) is 3.23. The highest BCUT2D eigenvalue weighted by Crippen LogP contribution is 2.41. The molecule has 0 aliphatic rings. The van der Waals surface area contributed by atoms with Gasteiger partial charge in [-0.3, -0.25) is 0 Å². The van der Waals surface area contributed by atoms with Crippen LogP contribution in [0.2, 0.25) is 0 Å². The molecule has 0 radical (unpaired) electrons. The second-order valence-electron chi connectivity index (χ2n) is 6.58. The molecular weight excluding hydrogens is 204 g/mol. The van der Waals surface area contributed by atoms with Crippen LogP contribution in [0.5, 0.6) is 0 Å². The maximum Gasteiger partial charge on any atom is -0.0323 e. The van der Waals surface area contributed by atoms with Gasteiger partial charge in [0.15, 0.2) is 0 Å². The molecule has 0 nitrogen and oxygen atoms in total. The number of rotatable bonds is 10. The predicted molar refractivity (Wildman–Crippen MR) is 80.4 cm³/mol. The monoisotopic (exact) mass is 240 g/mol. The van der Waals surface area contributed by atoms with Crippen molar-refractivity contribution in [3.05, 3.63) is 0 Å². The van der Waals surface area contributed by atoms with E-state index in [1.54, 1.807) is 0 Å². The molecular formula is C17H36. The van der Waals surface area contributed by atoms with Gasteiger partial charge >= 0.3 is 0 Å². The van der Waals surface area contributed by atoms with E-state index in [0.717, 1.165) is 11.8 Å². The Kier molecular flexibility index (Phi) is 9.00. The van der Waals surface area contributed by atoms with Crippen molar-refractivity contribution < 1.29 is 0 Å². The Balaban J connectivity index is 4.27. The summed E-state index contributed by atoms with van der Waals surface area (Å²) in [6.45, 7) is 14.4. The molecule has 0 aliphatic heterocycles. The average molecular weight is 240 g/mol. The van der Waals surface area contributed by atoms with Crippen LogP contribution in [0, 0.1) is 17.3 Å². The van der Waals surface area contributed by atoms with Gasteiger partial charge in [0.05, 0.1) is 0 Å². The van der Waals surface area contributed by atoms with Gasteiger partial charge in [0.25, 0.3) is 0 Å². The number of hydrogen-bond donors (Lipinski definition) is 0. The lowest BCUT2D eigenvalue weighted by Gasteiger charge is -2.38. The molecule has 0 spiro atoms. The summed E-state index contributed by atoms with van der Waals surface area (Å²) >= 11 is 0. The van der Waals surface area contributed by atoms with Gasteiger partial charge in [0, 0.05) is 0 Å². The molecule has 0 fully saturated rings. The molecule has 104 valence electrons. The van der Waals surface area contributed by atoms with Crippen LogP contribution in [0.25, 0.3) is 0 Å². The van der Waals surface area contributed by atoms with E-state index >= 15 is 0 Å². The molecule has 2 atom stereocenters. The topological polar surface area (TPSA) is 0 Å². The Bertz CT molecular complexity index is 169. The summed E-state index contributed by atoms with van der Waals surface area (Å²) in [6.07, 6.45) is 11.1. The van der Waals surface area contributed by atoms with Crippen LogP contribution in [-0.2, 0) is 0 Å². The third kappa shape index (κ3) is 6.48. The molecule has 0 aliphatic carbocycles. The van der Waals surface area contributed by atoms with Crippen molar-refractivity contribution in [3.8, 4) is 0 Å². The smallest absolute Gasteiger partial charge is 0.0323 e. The zero-order valence-electron chi connectivity index (χ0n) is 13.3. The molecule has 0 aromatic rings. The van der Waals surface area contributed by atoms with Crippen LogP contribution < -0.4 is 0 Å². The van der Waals surface area contributed by atoms with E-state index < -0.39 is 0 Å². The van der Waals surface area contributed by atoms with Gasteiger partial charge in [0.2, 0.25) is 0 Å². The highest BCUT2D eigenvalue weighted by Gasteiger charge is 2.31. The van der Waals surface area contributed by atoms with Gasteiger partial charge in [-0.2, -0.15) is 0 Å². The minimum absolute atomic E-state index is 0.541. The fourth-order valence-corrected chi connectivity index (χ4v) is 3.23. The molecule has 0 amide bonds. The van der Waals surface area contributed by atoms with Gasteiger partial charge in [0.1, 0.15) is 0 Å². The van der Waals surface area contributed by atoms with Crippen molar-refractivity contribution in [1.29, 1.82) is 0 Å². The van der Waals surface area contributed by atoms with Crippen molar-refractivity contribution in [2.45, 2.75) is 92.9 Å². The molecule has 0 saturated carbocycles. The van der Waals surface area contributed by atoms with Crippen molar-refractivity contribution in [2.75, 3.05) is 0 Å². The van der Waals surface area contributed by atoms with Crippen LogP contribution >= 0.6 is 0 Å². The summed E-state index contributed by atoms with van der Waals surface area (Å²) in [4.78, 5) is 0. The van der Waals surface area contributed by atoms with Gasteiger partial charge < -0.3 is 0 Å². The van der Waals surface area contributed by atoms with E-state index in [2.05, 4.69) is 41.5 Å². The lowest BCUT2D eigenvalue weighted by Crippen LogP contribution is -2.29. The van der Waals surface area contributed by atoms with E-state index in [0.29, 0.717) is 5.41 Å². The highest BCUT2D eigenvalue weighted by molar-refractivity contribution is 4.81. The Hall–Kier alpha value is 0. The quantitative estimate of drug-likeness (QED) is 0.385. The fraction of sp³-hybridized carbons (Fsp3) is 1.00. The molecule has 0 bridgehead atoms. The Morgan fingerprint density at radius 3 is 2.00 bits per heavy atom. The zero-order chi connectivity index (χ0) is 13.3. The largest absolute Gasteiger partial charge is 0.0654 e. The molecule has 17 heavy (non-hydrogen) atoms. The number of hydrogen-bond acceptors (Lipinski definition) is 0. The normalized spacial score (nSPS) is 15.9. The zero-order valence-corrected chi connectivity index (χ0v) is 13.3. The summed E-state index contributed by atoms with van der Waals surface area (Å²) in [5, 5.41) is 0. The molecule has 2 unspecified atom stereocenters. The van der Waals surface area contributed by atoms with Gasteiger partial charge in [-0.25, -0.2) is 0 Å². The summed E-state index contributed by atoms with van der Waals surface area (Å²) in [5.74, 6) is 1.80. The van der Waals surface area contributed by atoms with E-state index in [9.17, 15) is 0 Å². The first kappa shape index (κ1) is 17.0. The van der Waals surface area contributed by atoms with Crippen molar-refractivity contribution in [3.63, 3.8) is 0 Å². The lowest BCUT2D eigenvalue weighted by atomic mass is 9.67. The Morgan fingerprint density at radius 1 is 0.882 bits per heavy atom. The first-order chi connectivity index (χ1) is 7.99. The standard InChI is InChI=1S/C17H36/c1-7-10-11-12-14-17(5,6)16(13-8-2)15(4)9-3/h15-16H,7-14H2,1-6H3. The molecule has 0 rings (SSSR count). The predicted octanol–water partition coefficient (Wildman–Crippen LogP) is 6.45. The maximum atomic E-state index is 2.51. The summed E-state index contributed by atoms with van der Waals surface area (Å²) in [7, 11) is 0. The molecule has 0 heterocycles. The molecule has 0 aromatic carbocycles. The molecule has 0 aromatic heterocycles. The van der Waals surface area contributed by atoms with Gasteiger partial charge in [-0.05, 0) is 30.1 Å². The first-order valence-corrected chi connectivity index (χ1v) is 7.99. The third-order valence-electron chi connectivity index (χ3n) is 4.61. The SMILES string of the molecule is CCCCCCC(C)(C)C(CCC)C(C)CC. The molecule has 0 N–H and O–H groups in total. The van der Waals surface area contributed by atoms with E-state index in [4.69, 9.17) is 0 Å². The number of unbranched alkanes of at least 4 members (excludes halogenated alkanes) is 3. The summed E-state index contributed by atoms with van der Waals surface area (Å²) in [6, 6.07) is 0. The van der Waals surface area contributed by atoms with Crippen LogP contribution in [0.3, 0.4) is 0 Å². The van der Waals surface area contributed by atoms with Crippen LogP contribution in [0.1, 0.15) is 92.9 Å². The maximum absolute atomic E-state index is 2.51. The van der Waals surface area contributed by atoms with E-state index in [1.165, 1.54) is 51.4 Å². The Labute approximate surface area is 111 Å². The average Bonchev–Trinajstić information content (AvgIpc) is 2.30. The summed E-state index contributed by atoms with van der Waals surface area (Å²) in [5.41, 5.74) is 0.541. The van der Waals surface area contributed by atoms with E-state index in [-0.39, 0.29) is 0 Å². The lowest BCUT2D eigenvalue weighted by molar-refractivity contribution is 0.117. The van der Waals surface area contributed by atoms with E-state index in [1.807, 2.05) is 0 Å². The summed E-state index contributed by atoms with van der Waals surface area (Å²) < 4.78 is 0. The van der Waals surface area contributed by atoms with Crippen LogP contribution in [0.15, 0.2) is 0 Å². The van der Waals surface area contributed by atoms with Crippen molar-refractivity contribution in [1.82, 2.24) is 0 Å². The second kappa shape index (κ2) is 9.00. The van der Waals surface area contributed by atoms with Crippen molar-refractivity contribution in [2.24, 2.45) is 17.3 Å². The third-order valence-corrected chi connectivity index (χ3v) is 4.61. The minimum atomic E-state index is 0.541. The second-order valence-corrected chi connectivity index (χ2v) is 6.58. The highest BCUT2D eigenvalue weighted by atomic mass is 14.4.